The van der Waals surface area contributed by atoms with Gasteiger partial charge in [-0.3, -0.25) is 9.59 Å². The fourth-order valence-corrected chi connectivity index (χ4v) is 2.86. The van der Waals surface area contributed by atoms with Gasteiger partial charge < -0.3 is 20.7 Å². The molecular weight excluding hydrogens is 270 g/mol. The van der Waals surface area contributed by atoms with Gasteiger partial charge in [-0.1, -0.05) is 12.1 Å². The molecule has 21 heavy (non-hydrogen) atoms. The highest BCUT2D eigenvalue weighted by Crippen LogP contribution is 2.29. The number of ether oxygens (including phenoxy) is 1. The second-order valence-corrected chi connectivity index (χ2v) is 5.51. The molecular formula is C15H19N3O3. The number of hydrogen-bond donors (Lipinski definition) is 2. The number of carbonyl (C=O) groups is 2. The van der Waals surface area contributed by atoms with Gasteiger partial charge in [0.05, 0.1) is 18.2 Å². The number of nitrogens with two attached hydrogens (primary N) is 1. The molecule has 0 spiro atoms. The summed E-state index contributed by atoms with van der Waals surface area (Å²) in [4.78, 5) is 25.5. The van der Waals surface area contributed by atoms with E-state index in [2.05, 4.69) is 5.32 Å². The van der Waals surface area contributed by atoms with Crippen molar-refractivity contribution in [2.75, 3.05) is 25.0 Å². The Bertz CT molecular complexity index is 561. The molecule has 3 rings (SSSR count). The fraction of sp³-hybridized carbons (Fsp3) is 0.467. The number of fused-ring (bicyclic) bond motifs is 1. The molecule has 2 aliphatic rings. The van der Waals surface area contributed by atoms with Gasteiger partial charge in [0.15, 0.2) is 6.10 Å². The smallest absolute Gasteiger partial charge is 0.265 e. The molecule has 1 aromatic rings. The van der Waals surface area contributed by atoms with Crippen LogP contribution in [0.2, 0.25) is 0 Å². The van der Waals surface area contributed by atoms with Crippen LogP contribution < -0.4 is 15.8 Å². The number of nitrogens with zero attached hydrogens (tertiary/aromatic N) is 1. The Morgan fingerprint density at radius 2 is 2.14 bits per heavy atom. The van der Waals surface area contributed by atoms with E-state index in [9.17, 15) is 9.59 Å². The van der Waals surface area contributed by atoms with Crippen LogP contribution in [0.25, 0.3) is 0 Å². The summed E-state index contributed by atoms with van der Waals surface area (Å²) in [6.07, 6.45) is 1.01. The molecule has 3 N–H and O–H groups in total. The van der Waals surface area contributed by atoms with Crippen LogP contribution in [0.1, 0.15) is 12.8 Å². The highest BCUT2D eigenvalue weighted by molar-refractivity contribution is 5.84. The molecule has 1 saturated heterocycles. The lowest BCUT2D eigenvalue weighted by molar-refractivity contribution is -0.141. The number of rotatable bonds is 2. The molecule has 6 heteroatoms. The van der Waals surface area contributed by atoms with E-state index in [1.54, 1.807) is 4.90 Å². The van der Waals surface area contributed by atoms with E-state index in [0.29, 0.717) is 25.4 Å². The SMILES string of the molecule is NC(=O)C1CCCN(C(=O)C2CNc3ccccc3O2)C1. The lowest BCUT2D eigenvalue weighted by atomic mass is 9.97. The Morgan fingerprint density at radius 1 is 1.33 bits per heavy atom. The summed E-state index contributed by atoms with van der Waals surface area (Å²) in [5.74, 6) is 0.0283. The van der Waals surface area contributed by atoms with E-state index in [4.69, 9.17) is 10.5 Å². The molecule has 6 nitrogen and oxygen atoms in total. The van der Waals surface area contributed by atoms with Crippen LogP contribution in [0.3, 0.4) is 0 Å². The van der Waals surface area contributed by atoms with Crippen molar-refractivity contribution in [3.8, 4) is 5.75 Å². The molecule has 2 unspecified atom stereocenters. The number of likely N-dealkylation sites (tertiary alicyclic amines) is 1. The van der Waals surface area contributed by atoms with Crippen LogP contribution in [-0.4, -0.2) is 42.5 Å². The Hall–Kier alpha value is -2.24. The summed E-state index contributed by atoms with van der Waals surface area (Å²) in [6.45, 7) is 1.49. The van der Waals surface area contributed by atoms with Crippen LogP contribution in [0, 0.1) is 5.92 Å². The van der Waals surface area contributed by atoms with Crippen molar-refractivity contribution in [2.24, 2.45) is 11.7 Å². The zero-order valence-corrected chi connectivity index (χ0v) is 11.7. The van der Waals surface area contributed by atoms with Gasteiger partial charge in [0.25, 0.3) is 5.91 Å². The number of nitrogens with one attached hydrogen (secondary N) is 1. The average molecular weight is 289 g/mol. The van der Waals surface area contributed by atoms with Crippen molar-refractivity contribution in [3.63, 3.8) is 0 Å². The molecule has 0 radical (unpaired) electrons. The van der Waals surface area contributed by atoms with Gasteiger partial charge in [0.1, 0.15) is 5.75 Å². The molecule has 1 fully saturated rings. The van der Waals surface area contributed by atoms with Crippen molar-refractivity contribution in [2.45, 2.75) is 18.9 Å². The summed E-state index contributed by atoms with van der Waals surface area (Å²) in [7, 11) is 0. The van der Waals surface area contributed by atoms with E-state index in [0.717, 1.165) is 18.5 Å². The average Bonchev–Trinajstić information content (AvgIpc) is 2.53. The minimum Gasteiger partial charge on any atom is -0.477 e. The quantitative estimate of drug-likeness (QED) is 0.834. The number of benzene rings is 1. The lowest BCUT2D eigenvalue weighted by Gasteiger charge is -2.35. The number of hydrogen-bond acceptors (Lipinski definition) is 4. The third kappa shape index (κ3) is 2.79. The molecule has 0 saturated carbocycles. The van der Waals surface area contributed by atoms with Gasteiger partial charge in [0.2, 0.25) is 5.91 Å². The van der Waals surface area contributed by atoms with Crippen LogP contribution >= 0.6 is 0 Å². The minimum atomic E-state index is -0.550. The molecule has 0 aliphatic carbocycles. The molecule has 0 aromatic heterocycles. The number of piperidine rings is 1. The van der Waals surface area contributed by atoms with Crippen molar-refractivity contribution >= 4 is 17.5 Å². The first-order chi connectivity index (χ1) is 10.1. The van der Waals surface area contributed by atoms with E-state index in [1.807, 2.05) is 24.3 Å². The van der Waals surface area contributed by atoms with Crippen LogP contribution in [0.15, 0.2) is 24.3 Å². The maximum absolute atomic E-state index is 12.5. The van der Waals surface area contributed by atoms with Crippen molar-refractivity contribution < 1.29 is 14.3 Å². The zero-order valence-electron chi connectivity index (χ0n) is 11.7. The largest absolute Gasteiger partial charge is 0.477 e. The zero-order chi connectivity index (χ0) is 14.8. The highest BCUT2D eigenvalue weighted by atomic mass is 16.5. The predicted molar refractivity (Wildman–Crippen MR) is 77.8 cm³/mol. The van der Waals surface area contributed by atoms with E-state index >= 15 is 0 Å². The fourth-order valence-electron chi connectivity index (χ4n) is 2.86. The Kier molecular flexibility index (Phi) is 3.68. The maximum Gasteiger partial charge on any atom is 0.265 e. The second kappa shape index (κ2) is 5.63. The molecule has 2 heterocycles. The van der Waals surface area contributed by atoms with Gasteiger partial charge in [-0.05, 0) is 25.0 Å². The standard InChI is InChI=1S/C15H19N3O3/c16-14(19)10-4-3-7-18(9-10)15(20)13-8-17-11-5-1-2-6-12(11)21-13/h1-2,5-6,10,13,17H,3-4,7-9H2,(H2,16,19). The monoisotopic (exact) mass is 289 g/mol. The number of anilines is 1. The molecule has 2 atom stereocenters. The van der Waals surface area contributed by atoms with Crippen LogP contribution in [0.4, 0.5) is 5.69 Å². The molecule has 1 aromatic carbocycles. The predicted octanol–water partition coefficient (Wildman–Crippen LogP) is 0.583. The molecule has 0 bridgehead atoms. The van der Waals surface area contributed by atoms with Gasteiger partial charge in [-0.2, -0.15) is 0 Å². The number of amides is 2. The second-order valence-electron chi connectivity index (χ2n) is 5.51. The van der Waals surface area contributed by atoms with E-state index < -0.39 is 6.10 Å². The van der Waals surface area contributed by atoms with Gasteiger partial charge >= 0.3 is 0 Å². The first-order valence-electron chi connectivity index (χ1n) is 7.23. The van der Waals surface area contributed by atoms with Gasteiger partial charge in [0, 0.05) is 13.1 Å². The Labute approximate surface area is 123 Å². The number of carbonyl (C=O) groups excluding carboxylic acids is 2. The summed E-state index contributed by atoms with van der Waals surface area (Å²) in [5, 5.41) is 3.20. The van der Waals surface area contributed by atoms with Crippen molar-refractivity contribution in [3.05, 3.63) is 24.3 Å². The number of para-hydroxylation sites is 2. The summed E-state index contributed by atoms with van der Waals surface area (Å²) >= 11 is 0. The topological polar surface area (TPSA) is 84.7 Å². The van der Waals surface area contributed by atoms with E-state index in [-0.39, 0.29) is 17.7 Å². The first kappa shape index (κ1) is 13.7. The van der Waals surface area contributed by atoms with Crippen LogP contribution in [0.5, 0.6) is 5.75 Å². The number of primary amides is 1. The Morgan fingerprint density at radius 3 is 2.95 bits per heavy atom. The molecule has 112 valence electrons. The maximum atomic E-state index is 12.5. The van der Waals surface area contributed by atoms with Crippen molar-refractivity contribution in [1.29, 1.82) is 0 Å². The first-order valence-corrected chi connectivity index (χ1v) is 7.23. The minimum absolute atomic E-state index is 0.0806. The van der Waals surface area contributed by atoms with Gasteiger partial charge in [-0.15, -0.1) is 0 Å². The summed E-state index contributed by atoms with van der Waals surface area (Å²) < 4.78 is 5.77. The summed E-state index contributed by atoms with van der Waals surface area (Å²) in [6, 6.07) is 7.54. The van der Waals surface area contributed by atoms with E-state index in [1.165, 1.54) is 0 Å². The highest BCUT2D eigenvalue weighted by Gasteiger charge is 2.33. The molecule has 2 aliphatic heterocycles. The van der Waals surface area contributed by atoms with Gasteiger partial charge in [-0.25, -0.2) is 0 Å². The molecule has 2 amide bonds. The normalized spacial score (nSPS) is 24.5. The third-order valence-corrected chi connectivity index (χ3v) is 4.05. The van der Waals surface area contributed by atoms with Crippen molar-refractivity contribution in [1.82, 2.24) is 4.90 Å². The van der Waals surface area contributed by atoms with Crippen LogP contribution in [-0.2, 0) is 9.59 Å². The Balaban J connectivity index is 1.67. The lowest BCUT2D eigenvalue weighted by Crippen LogP contribution is -2.51. The third-order valence-electron chi connectivity index (χ3n) is 4.05. The summed E-state index contributed by atoms with van der Waals surface area (Å²) in [5.41, 5.74) is 6.25.